The van der Waals surface area contributed by atoms with Crippen LogP contribution in [0.1, 0.15) is 49.0 Å². The Hall–Kier alpha value is -3.52. The molecule has 0 radical (unpaired) electrons. The van der Waals surface area contributed by atoms with Gasteiger partial charge in [-0.15, -0.1) is 0 Å². The minimum absolute atomic E-state index is 0.260. The predicted octanol–water partition coefficient (Wildman–Crippen LogP) is 5.57. The van der Waals surface area contributed by atoms with Crippen molar-refractivity contribution in [1.29, 1.82) is 5.41 Å². The van der Waals surface area contributed by atoms with E-state index in [0.717, 1.165) is 47.6 Å². The number of piperidine rings is 1. The molecule has 1 aliphatic rings. The minimum atomic E-state index is -0.943. The lowest BCUT2D eigenvalue weighted by molar-refractivity contribution is 0.0938. The number of ether oxygens (including phenoxy) is 1. The monoisotopic (exact) mass is 494 g/mol. The number of imidazole rings is 1. The number of benzene rings is 2. The number of halogens is 2. The molecule has 3 aromatic rings. The van der Waals surface area contributed by atoms with Crippen molar-refractivity contribution in [3.63, 3.8) is 0 Å². The molecule has 36 heavy (non-hydrogen) atoms. The largest absolute Gasteiger partial charge is 0.495 e. The molecule has 0 spiro atoms. The molecule has 0 aliphatic carbocycles. The van der Waals surface area contributed by atoms with Crippen LogP contribution < -0.4 is 4.74 Å². The third kappa shape index (κ3) is 4.91. The van der Waals surface area contributed by atoms with E-state index in [4.69, 9.17) is 10.1 Å². The van der Waals surface area contributed by atoms with Gasteiger partial charge in [0.15, 0.2) is 11.6 Å². The van der Waals surface area contributed by atoms with Crippen LogP contribution in [0.4, 0.5) is 8.78 Å². The van der Waals surface area contributed by atoms with Crippen molar-refractivity contribution in [2.75, 3.05) is 20.3 Å². The Kier molecular flexibility index (Phi) is 7.26. The lowest BCUT2D eigenvalue weighted by atomic mass is 9.73. The zero-order valence-corrected chi connectivity index (χ0v) is 20.9. The van der Waals surface area contributed by atoms with Crippen LogP contribution in [-0.4, -0.2) is 45.5 Å². The topological polar surface area (TPSA) is 74.4 Å². The van der Waals surface area contributed by atoms with E-state index in [1.807, 2.05) is 40.8 Å². The second-order valence-electron chi connectivity index (χ2n) is 9.64. The SMILES string of the molecule is C=C1N(C(CO)c2ccc(F)c(F)c2)CCCC1(C)CC(=N)c1ccc(-n2cnc(C)c2)c(OC)c1. The fourth-order valence-corrected chi connectivity index (χ4v) is 5.03. The van der Waals surface area contributed by atoms with Gasteiger partial charge in [0.25, 0.3) is 0 Å². The number of hydrogen-bond acceptors (Lipinski definition) is 5. The molecular formula is C28H32F2N4O2. The molecular weight excluding hydrogens is 462 g/mol. The lowest BCUT2D eigenvalue weighted by Gasteiger charge is -2.47. The Bertz CT molecular complexity index is 1290. The summed E-state index contributed by atoms with van der Waals surface area (Å²) in [7, 11) is 1.60. The zero-order chi connectivity index (χ0) is 26.0. The number of aliphatic hydroxyl groups is 1. The van der Waals surface area contributed by atoms with Crippen LogP contribution in [0.2, 0.25) is 0 Å². The van der Waals surface area contributed by atoms with Crippen molar-refractivity contribution in [2.24, 2.45) is 5.41 Å². The van der Waals surface area contributed by atoms with E-state index in [0.29, 0.717) is 30.0 Å². The molecule has 1 aromatic heterocycles. The van der Waals surface area contributed by atoms with Gasteiger partial charge in [0.05, 0.1) is 37.5 Å². The highest BCUT2D eigenvalue weighted by Gasteiger charge is 2.38. The molecule has 1 fully saturated rings. The summed E-state index contributed by atoms with van der Waals surface area (Å²) in [6.45, 7) is 8.70. The first-order chi connectivity index (χ1) is 17.2. The second-order valence-corrected chi connectivity index (χ2v) is 9.64. The van der Waals surface area contributed by atoms with Crippen molar-refractivity contribution in [1.82, 2.24) is 14.5 Å². The van der Waals surface area contributed by atoms with Crippen LogP contribution in [-0.2, 0) is 0 Å². The van der Waals surface area contributed by atoms with Crippen LogP contribution in [0, 0.1) is 29.4 Å². The zero-order valence-electron chi connectivity index (χ0n) is 20.9. The summed E-state index contributed by atoms with van der Waals surface area (Å²) in [5, 5.41) is 19.0. The molecule has 8 heteroatoms. The van der Waals surface area contributed by atoms with E-state index in [1.165, 1.54) is 6.07 Å². The van der Waals surface area contributed by atoms with Gasteiger partial charge in [-0.3, -0.25) is 0 Å². The molecule has 0 amide bonds. The molecule has 2 unspecified atom stereocenters. The van der Waals surface area contributed by atoms with E-state index < -0.39 is 23.1 Å². The van der Waals surface area contributed by atoms with E-state index in [1.54, 1.807) is 13.4 Å². The molecule has 4 rings (SSSR count). The number of rotatable bonds is 8. The molecule has 2 N–H and O–H groups in total. The average Bonchev–Trinajstić information content (AvgIpc) is 3.30. The van der Waals surface area contributed by atoms with Gasteiger partial charge in [0, 0.05) is 36.0 Å². The number of allylic oxidation sites excluding steroid dienone is 1. The number of nitrogens with one attached hydrogen (secondary N) is 1. The first-order valence-electron chi connectivity index (χ1n) is 12.0. The van der Waals surface area contributed by atoms with E-state index >= 15 is 0 Å². The Labute approximate surface area is 210 Å². The second kappa shape index (κ2) is 10.2. The Morgan fingerprint density at radius 3 is 2.67 bits per heavy atom. The molecule has 0 bridgehead atoms. The highest BCUT2D eigenvalue weighted by atomic mass is 19.2. The summed E-state index contributed by atoms with van der Waals surface area (Å²) in [4.78, 5) is 6.24. The minimum Gasteiger partial charge on any atom is -0.495 e. The maximum atomic E-state index is 13.9. The number of aliphatic hydroxyl groups excluding tert-OH is 1. The van der Waals surface area contributed by atoms with Crippen molar-refractivity contribution in [3.8, 4) is 11.4 Å². The number of methoxy groups -OCH3 is 1. The Balaban J connectivity index is 1.56. The molecule has 1 saturated heterocycles. The quantitative estimate of drug-likeness (QED) is 0.401. The van der Waals surface area contributed by atoms with Gasteiger partial charge in [-0.2, -0.15) is 0 Å². The van der Waals surface area contributed by atoms with Crippen molar-refractivity contribution < 1.29 is 18.6 Å². The van der Waals surface area contributed by atoms with Gasteiger partial charge in [-0.1, -0.05) is 25.6 Å². The first-order valence-corrected chi connectivity index (χ1v) is 12.0. The van der Waals surface area contributed by atoms with Gasteiger partial charge >= 0.3 is 0 Å². The van der Waals surface area contributed by atoms with Crippen LogP contribution in [0.15, 0.2) is 61.2 Å². The van der Waals surface area contributed by atoms with Gasteiger partial charge in [0.1, 0.15) is 5.75 Å². The van der Waals surface area contributed by atoms with Gasteiger partial charge in [-0.25, -0.2) is 13.8 Å². The summed E-state index contributed by atoms with van der Waals surface area (Å²) >= 11 is 0. The predicted molar refractivity (Wildman–Crippen MR) is 136 cm³/mol. The van der Waals surface area contributed by atoms with Crippen LogP contribution in [0.5, 0.6) is 5.75 Å². The maximum absolute atomic E-state index is 13.9. The molecule has 2 atom stereocenters. The number of aromatic nitrogens is 2. The summed E-state index contributed by atoms with van der Waals surface area (Å²) in [6, 6.07) is 8.84. The molecule has 190 valence electrons. The summed E-state index contributed by atoms with van der Waals surface area (Å²) in [5.41, 5.74) is 3.76. The molecule has 1 aliphatic heterocycles. The highest BCUT2D eigenvalue weighted by molar-refractivity contribution is 5.99. The fourth-order valence-electron chi connectivity index (χ4n) is 5.03. The van der Waals surface area contributed by atoms with Gasteiger partial charge < -0.3 is 24.7 Å². The highest BCUT2D eigenvalue weighted by Crippen LogP contribution is 2.45. The van der Waals surface area contributed by atoms with Gasteiger partial charge in [-0.05, 0) is 55.2 Å². The first kappa shape index (κ1) is 25.6. The lowest BCUT2D eigenvalue weighted by Crippen LogP contribution is -2.43. The van der Waals surface area contributed by atoms with Crippen molar-refractivity contribution in [3.05, 3.63) is 89.7 Å². The molecule has 6 nitrogen and oxygen atoms in total. The molecule has 0 saturated carbocycles. The third-order valence-electron chi connectivity index (χ3n) is 7.13. The number of hydrogen-bond donors (Lipinski definition) is 2. The standard InChI is InChI=1S/C28H32F2N4O2/c1-18-15-33(17-32-18)25-9-7-20(13-27(25)36-4)24(31)14-28(3)10-5-11-34(19(28)2)26(16-35)21-6-8-22(29)23(30)12-21/h6-9,12-13,15,17,26,31,35H,2,5,10-11,14,16H2,1,3-4H3. The number of nitrogens with zero attached hydrogens (tertiary/aromatic N) is 3. The van der Waals surface area contributed by atoms with Crippen LogP contribution in [0.3, 0.4) is 0 Å². The summed E-state index contributed by atoms with van der Waals surface area (Å²) in [5.74, 6) is -1.22. The molecule has 2 aromatic carbocycles. The fraction of sp³-hybridized carbons (Fsp3) is 0.357. The van der Waals surface area contributed by atoms with Gasteiger partial charge in [0.2, 0.25) is 0 Å². The summed E-state index contributed by atoms with van der Waals surface area (Å²) in [6.07, 6.45) is 5.72. The molecule has 2 heterocycles. The number of likely N-dealkylation sites (tertiary alicyclic amines) is 1. The van der Waals surface area contributed by atoms with E-state index in [9.17, 15) is 13.9 Å². The van der Waals surface area contributed by atoms with Crippen molar-refractivity contribution in [2.45, 2.75) is 39.2 Å². The van der Waals surface area contributed by atoms with E-state index in [2.05, 4.69) is 18.5 Å². The van der Waals surface area contributed by atoms with Crippen LogP contribution >= 0.6 is 0 Å². The normalized spacial score (nSPS) is 18.8. The number of aryl methyl sites for hydroxylation is 1. The van der Waals surface area contributed by atoms with E-state index in [-0.39, 0.29) is 6.61 Å². The van der Waals surface area contributed by atoms with Crippen LogP contribution in [0.25, 0.3) is 5.69 Å². The van der Waals surface area contributed by atoms with Crippen molar-refractivity contribution >= 4 is 5.71 Å². The Morgan fingerprint density at radius 2 is 2.03 bits per heavy atom. The maximum Gasteiger partial charge on any atom is 0.159 e. The third-order valence-corrected chi connectivity index (χ3v) is 7.13. The summed E-state index contributed by atoms with van der Waals surface area (Å²) < 4.78 is 34.9. The Morgan fingerprint density at radius 1 is 1.25 bits per heavy atom. The smallest absolute Gasteiger partial charge is 0.159 e. The average molecular weight is 495 g/mol.